The number of benzene rings is 1. The fraction of sp³-hybridized carbons (Fsp3) is 0.571. The molecule has 0 atom stereocenters. The number of phenolic OH excluding ortho intramolecular Hbond substituents is 1. The number of halogens is 1. The van der Waals surface area contributed by atoms with Crippen molar-refractivity contribution in [2.24, 2.45) is 5.92 Å². The second-order valence-corrected chi connectivity index (χ2v) is 5.30. The van der Waals surface area contributed by atoms with Crippen LogP contribution in [0.25, 0.3) is 0 Å². The van der Waals surface area contributed by atoms with E-state index in [9.17, 15) is 5.11 Å². The molecule has 0 amide bonds. The van der Waals surface area contributed by atoms with E-state index in [1.54, 1.807) is 7.11 Å². The SMILES string of the molecule is CCC(CC)CNCc1cc(Br)c(O)c(OC)c1. The van der Waals surface area contributed by atoms with Gasteiger partial charge in [0.25, 0.3) is 0 Å². The van der Waals surface area contributed by atoms with Crippen LogP contribution in [0.3, 0.4) is 0 Å². The van der Waals surface area contributed by atoms with Gasteiger partial charge in [-0.3, -0.25) is 0 Å². The van der Waals surface area contributed by atoms with Crippen LogP contribution >= 0.6 is 15.9 Å². The minimum Gasteiger partial charge on any atom is -0.503 e. The molecular weight excluding hydrogens is 294 g/mol. The maximum absolute atomic E-state index is 9.72. The predicted molar refractivity (Wildman–Crippen MR) is 78.1 cm³/mol. The lowest BCUT2D eigenvalue weighted by Crippen LogP contribution is -2.21. The fourth-order valence-corrected chi connectivity index (χ4v) is 2.37. The lowest BCUT2D eigenvalue weighted by atomic mass is 10.0. The number of phenols is 1. The van der Waals surface area contributed by atoms with E-state index >= 15 is 0 Å². The Hall–Kier alpha value is -0.740. The average Bonchev–Trinajstić information content (AvgIpc) is 2.38. The molecule has 0 fully saturated rings. The highest BCUT2D eigenvalue weighted by Gasteiger charge is 2.09. The van der Waals surface area contributed by atoms with Gasteiger partial charge >= 0.3 is 0 Å². The van der Waals surface area contributed by atoms with Gasteiger partial charge in [0, 0.05) is 6.54 Å². The van der Waals surface area contributed by atoms with Crippen LogP contribution in [-0.2, 0) is 6.54 Å². The van der Waals surface area contributed by atoms with Gasteiger partial charge < -0.3 is 15.2 Å². The zero-order chi connectivity index (χ0) is 13.5. The van der Waals surface area contributed by atoms with E-state index in [1.807, 2.05) is 12.1 Å². The molecule has 0 aliphatic carbocycles. The van der Waals surface area contributed by atoms with E-state index < -0.39 is 0 Å². The first-order chi connectivity index (χ1) is 8.62. The highest BCUT2D eigenvalue weighted by atomic mass is 79.9. The minimum atomic E-state index is 0.154. The number of rotatable bonds is 7. The number of nitrogens with one attached hydrogen (secondary N) is 1. The monoisotopic (exact) mass is 315 g/mol. The standard InChI is InChI=1S/C14H22BrNO2/c1-4-10(5-2)8-16-9-11-6-12(15)14(17)13(7-11)18-3/h6-7,10,16-17H,4-5,8-9H2,1-3H3. The normalized spacial score (nSPS) is 10.9. The molecule has 1 aromatic rings. The first kappa shape index (κ1) is 15.3. The fourth-order valence-electron chi connectivity index (χ4n) is 1.88. The molecule has 3 nitrogen and oxygen atoms in total. The Bertz CT molecular complexity index is 378. The Labute approximate surface area is 118 Å². The molecule has 2 N–H and O–H groups in total. The molecule has 0 saturated carbocycles. The molecule has 102 valence electrons. The van der Waals surface area contributed by atoms with Gasteiger partial charge in [-0.25, -0.2) is 0 Å². The first-order valence-corrected chi connectivity index (χ1v) is 7.17. The first-order valence-electron chi connectivity index (χ1n) is 6.38. The number of aromatic hydroxyl groups is 1. The van der Waals surface area contributed by atoms with Crippen LogP contribution in [0.1, 0.15) is 32.3 Å². The van der Waals surface area contributed by atoms with E-state index in [2.05, 4.69) is 35.1 Å². The highest BCUT2D eigenvalue weighted by molar-refractivity contribution is 9.10. The van der Waals surface area contributed by atoms with Gasteiger partial charge in [0.2, 0.25) is 0 Å². The van der Waals surface area contributed by atoms with Crippen LogP contribution in [0, 0.1) is 5.92 Å². The Morgan fingerprint density at radius 2 is 2.00 bits per heavy atom. The van der Waals surface area contributed by atoms with Gasteiger partial charge in [-0.2, -0.15) is 0 Å². The van der Waals surface area contributed by atoms with E-state index in [4.69, 9.17) is 4.74 Å². The molecular formula is C14H22BrNO2. The predicted octanol–water partition coefficient (Wildman–Crippen LogP) is 3.69. The summed E-state index contributed by atoms with van der Waals surface area (Å²) in [6.45, 7) is 6.24. The number of hydrogen-bond donors (Lipinski definition) is 2. The summed E-state index contributed by atoms with van der Waals surface area (Å²) >= 11 is 3.33. The highest BCUT2D eigenvalue weighted by Crippen LogP contribution is 2.35. The van der Waals surface area contributed by atoms with Gasteiger partial charge in [-0.1, -0.05) is 26.7 Å². The molecule has 0 unspecified atom stereocenters. The van der Waals surface area contributed by atoms with Crippen molar-refractivity contribution in [2.45, 2.75) is 33.2 Å². The molecule has 0 aromatic heterocycles. The average molecular weight is 316 g/mol. The molecule has 4 heteroatoms. The summed E-state index contributed by atoms with van der Waals surface area (Å²) in [5.41, 5.74) is 1.10. The molecule has 0 spiro atoms. The minimum absolute atomic E-state index is 0.154. The summed E-state index contributed by atoms with van der Waals surface area (Å²) in [6.07, 6.45) is 2.40. The second kappa shape index (κ2) is 7.64. The maximum Gasteiger partial charge on any atom is 0.172 e. The second-order valence-electron chi connectivity index (χ2n) is 4.44. The van der Waals surface area contributed by atoms with E-state index in [-0.39, 0.29) is 5.75 Å². The van der Waals surface area contributed by atoms with Crippen molar-refractivity contribution in [1.29, 1.82) is 0 Å². The lowest BCUT2D eigenvalue weighted by molar-refractivity contribution is 0.371. The van der Waals surface area contributed by atoms with Crippen molar-refractivity contribution < 1.29 is 9.84 Å². The molecule has 0 aliphatic rings. The summed E-state index contributed by atoms with van der Waals surface area (Å²) in [5, 5.41) is 13.2. The van der Waals surface area contributed by atoms with Crippen molar-refractivity contribution in [1.82, 2.24) is 5.32 Å². The van der Waals surface area contributed by atoms with Gasteiger partial charge in [-0.05, 0) is 46.1 Å². The van der Waals surface area contributed by atoms with Gasteiger partial charge in [0.15, 0.2) is 11.5 Å². The molecule has 0 aliphatic heterocycles. The van der Waals surface area contributed by atoms with Crippen LogP contribution in [0.5, 0.6) is 11.5 Å². The van der Waals surface area contributed by atoms with Crippen molar-refractivity contribution in [3.63, 3.8) is 0 Å². The maximum atomic E-state index is 9.72. The third kappa shape index (κ3) is 4.18. The Morgan fingerprint density at radius 3 is 2.56 bits per heavy atom. The van der Waals surface area contributed by atoms with Crippen LogP contribution < -0.4 is 10.1 Å². The molecule has 18 heavy (non-hydrogen) atoms. The third-order valence-corrected chi connectivity index (χ3v) is 3.83. The van der Waals surface area contributed by atoms with Crippen LogP contribution in [-0.4, -0.2) is 18.8 Å². The molecule has 0 heterocycles. The van der Waals surface area contributed by atoms with E-state index in [0.29, 0.717) is 10.2 Å². The van der Waals surface area contributed by atoms with E-state index in [0.717, 1.165) is 24.6 Å². The summed E-state index contributed by atoms with van der Waals surface area (Å²) in [4.78, 5) is 0. The van der Waals surface area contributed by atoms with Gasteiger partial charge in [0.1, 0.15) is 0 Å². The van der Waals surface area contributed by atoms with Crippen LogP contribution in [0.4, 0.5) is 0 Å². The van der Waals surface area contributed by atoms with Crippen LogP contribution in [0.15, 0.2) is 16.6 Å². The third-order valence-electron chi connectivity index (χ3n) is 3.22. The van der Waals surface area contributed by atoms with Crippen molar-refractivity contribution in [2.75, 3.05) is 13.7 Å². The Balaban J connectivity index is 2.60. The van der Waals surface area contributed by atoms with Crippen molar-refractivity contribution in [3.8, 4) is 11.5 Å². The summed E-state index contributed by atoms with van der Waals surface area (Å²) in [7, 11) is 1.56. The molecule has 0 radical (unpaired) electrons. The van der Waals surface area contributed by atoms with Crippen LogP contribution in [0.2, 0.25) is 0 Å². The summed E-state index contributed by atoms with van der Waals surface area (Å²) in [6, 6.07) is 3.78. The van der Waals surface area contributed by atoms with Crippen molar-refractivity contribution in [3.05, 3.63) is 22.2 Å². The Morgan fingerprint density at radius 1 is 1.33 bits per heavy atom. The molecule has 0 bridgehead atoms. The topological polar surface area (TPSA) is 41.5 Å². The van der Waals surface area contributed by atoms with Gasteiger partial charge in [-0.15, -0.1) is 0 Å². The summed E-state index contributed by atoms with van der Waals surface area (Å²) in [5.74, 6) is 1.39. The zero-order valence-corrected chi connectivity index (χ0v) is 12.9. The number of ether oxygens (including phenoxy) is 1. The quantitative estimate of drug-likeness (QED) is 0.806. The molecule has 1 aromatic carbocycles. The van der Waals surface area contributed by atoms with Crippen molar-refractivity contribution >= 4 is 15.9 Å². The number of methoxy groups -OCH3 is 1. The molecule has 0 saturated heterocycles. The zero-order valence-electron chi connectivity index (χ0n) is 11.3. The molecule has 1 rings (SSSR count). The van der Waals surface area contributed by atoms with Gasteiger partial charge in [0.05, 0.1) is 11.6 Å². The lowest BCUT2D eigenvalue weighted by Gasteiger charge is -2.14. The summed E-state index contributed by atoms with van der Waals surface area (Å²) < 4.78 is 5.80. The smallest absolute Gasteiger partial charge is 0.172 e. The largest absolute Gasteiger partial charge is 0.503 e. The number of hydrogen-bond acceptors (Lipinski definition) is 3. The van der Waals surface area contributed by atoms with E-state index in [1.165, 1.54) is 12.8 Å². The Kier molecular flexibility index (Phi) is 6.50.